The van der Waals surface area contributed by atoms with Gasteiger partial charge in [0.2, 0.25) is 0 Å². The largest absolute Gasteiger partial charge is 0.465 e. The topological polar surface area (TPSA) is 43.4 Å². The molecule has 0 saturated carbocycles. The lowest BCUT2D eigenvalue weighted by atomic mass is 9.72. The molecule has 0 aliphatic carbocycles. The van der Waals surface area contributed by atoms with Crippen molar-refractivity contribution in [3.05, 3.63) is 71.8 Å². The molecule has 0 radical (unpaired) electrons. The number of ether oxygens (including phenoxy) is 1. The fourth-order valence-electron chi connectivity index (χ4n) is 2.55. The first-order valence-corrected chi connectivity index (χ1v) is 6.97. The van der Waals surface area contributed by atoms with Crippen LogP contribution in [0.5, 0.6) is 0 Å². The van der Waals surface area contributed by atoms with E-state index in [0.717, 1.165) is 17.4 Å². The van der Waals surface area contributed by atoms with Gasteiger partial charge in [-0.2, -0.15) is 0 Å². The standard InChI is InChI=1S/C18H18O3/c1-2-21-17(20)18(13-14-19,15-9-5-3-6-10-15)16-11-7-4-8-12-16/h3-12,14H,2,13H2,1H3. The van der Waals surface area contributed by atoms with Crippen LogP contribution in [0.15, 0.2) is 60.7 Å². The molecule has 0 fully saturated rings. The molecule has 2 rings (SSSR count). The third kappa shape index (κ3) is 2.87. The summed E-state index contributed by atoms with van der Waals surface area (Å²) >= 11 is 0. The van der Waals surface area contributed by atoms with Gasteiger partial charge in [0, 0.05) is 6.42 Å². The van der Waals surface area contributed by atoms with Crippen LogP contribution in [0.3, 0.4) is 0 Å². The lowest BCUT2D eigenvalue weighted by Gasteiger charge is -2.30. The van der Waals surface area contributed by atoms with Crippen molar-refractivity contribution in [1.29, 1.82) is 0 Å². The molecule has 0 heterocycles. The number of hydrogen-bond acceptors (Lipinski definition) is 3. The Hall–Kier alpha value is -2.42. The molecule has 3 nitrogen and oxygen atoms in total. The smallest absolute Gasteiger partial charge is 0.321 e. The van der Waals surface area contributed by atoms with Crippen molar-refractivity contribution in [3.8, 4) is 0 Å². The third-order valence-corrected chi connectivity index (χ3v) is 3.55. The van der Waals surface area contributed by atoms with Crippen molar-refractivity contribution in [3.63, 3.8) is 0 Å². The Morgan fingerprint density at radius 3 is 1.86 bits per heavy atom. The molecule has 0 atom stereocenters. The molecule has 2 aromatic rings. The second-order valence-electron chi connectivity index (χ2n) is 4.73. The van der Waals surface area contributed by atoms with Crippen LogP contribution in [-0.2, 0) is 19.7 Å². The van der Waals surface area contributed by atoms with E-state index < -0.39 is 11.4 Å². The highest BCUT2D eigenvalue weighted by atomic mass is 16.5. The molecule has 0 bridgehead atoms. The van der Waals surface area contributed by atoms with E-state index in [1.54, 1.807) is 6.92 Å². The normalized spacial score (nSPS) is 10.9. The maximum absolute atomic E-state index is 12.7. The van der Waals surface area contributed by atoms with Crippen LogP contribution in [0.25, 0.3) is 0 Å². The van der Waals surface area contributed by atoms with E-state index in [4.69, 9.17) is 4.74 Å². The van der Waals surface area contributed by atoms with E-state index in [2.05, 4.69) is 0 Å². The van der Waals surface area contributed by atoms with Gasteiger partial charge < -0.3 is 9.53 Å². The maximum atomic E-state index is 12.7. The molecule has 0 aliphatic heterocycles. The van der Waals surface area contributed by atoms with Crippen LogP contribution in [0.4, 0.5) is 0 Å². The van der Waals surface area contributed by atoms with Gasteiger partial charge in [-0.25, -0.2) is 0 Å². The van der Waals surface area contributed by atoms with Crippen LogP contribution >= 0.6 is 0 Å². The Bertz CT molecular complexity index is 551. The molecular weight excluding hydrogens is 264 g/mol. The van der Waals surface area contributed by atoms with Gasteiger partial charge >= 0.3 is 5.97 Å². The van der Waals surface area contributed by atoms with Crippen LogP contribution in [0.1, 0.15) is 24.5 Å². The number of rotatable bonds is 6. The molecule has 0 N–H and O–H groups in total. The molecule has 21 heavy (non-hydrogen) atoms. The molecule has 0 spiro atoms. The van der Waals surface area contributed by atoms with Crippen molar-refractivity contribution in [2.75, 3.05) is 6.61 Å². The van der Waals surface area contributed by atoms with Gasteiger partial charge in [-0.05, 0) is 18.1 Å². The van der Waals surface area contributed by atoms with Gasteiger partial charge in [0.25, 0.3) is 0 Å². The summed E-state index contributed by atoms with van der Waals surface area (Å²) in [6.45, 7) is 2.04. The zero-order valence-corrected chi connectivity index (χ0v) is 12.0. The van der Waals surface area contributed by atoms with Crippen LogP contribution in [0.2, 0.25) is 0 Å². The Balaban J connectivity index is 2.66. The summed E-state index contributed by atoms with van der Waals surface area (Å²) in [5.41, 5.74) is 0.448. The van der Waals surface area contributed by atoms with Gasteiger partial charge in [-0.3, -0.25) is 4.79 Å². The average Bonchev–Trinajstić information content (AvgIpc) is 2.54. The highest BCUT2D eigenvalue weighted by Gasteiger charge is 2.43. The number of hydrogen-bond donors (Lipinski definition) is 0. The van der Waals surface area contributed by atoms with Gasteiger partial charge in [-0.15, -0.1) is 0 Å². The summed E-state index contributed by atoms with van der Waals surface area (Å²) in [4.78, 5) is 23.9. The molecule has 0 aliphatic rings. The van der Waals surface area contributed by atoms with E-state index in [1.165, 1.54) is 0 Å². The lowest BCUT2D eigenvalue weighted by Crippen LogP contribution is -2.39. The first-order valence-electron chi connectivity index (χ1n) is 6.97. The molecule has 3 heteroatoms. The number of esters is 1. The molecule has 0 saturated heterocycles. The van der Waals surface area contributed by atoms with E-state index in [-0.39, 0.29) is 13.0 Å². The van der Waals surface area contributed by atoms with Gasteiger partial charge in [0.15, 0.2) is 0 Å². The fourth-order valence-corrected chi connectivity index (χ4v) is 2.55. The summed E-state index contributed by atoms with van der Waals surface area (Å²) in [5, 5.41) is 0. The number of aldehydes is 1. The summed E-state index contributed by atoms with van der Waals surface area (Å²) in [7, 11) is 0. The van der Waals surface area contributed by atoms with Crippen molar-refractivity contribution in [1.82, 2.24) is 0 Å². The summed E-state index contributed by atoms with van der Waals surface area (Å²) in [6.07, 6.45) is 0.830. The maximum Gasteiger partial charge on any atom is 0.321 e. The van der Waals surface area contributed by atoms with Crippen LogP contribution < -0.4 is 0 Å². The third-order valence-electron chi connectivity index (χ3n) is 3.55. The predicted molar refractivity (Wildman–Crippen MR) is 81.0 cm³/mol. The van der Waals surface area contributed by atoms with Gasteiger partial charge in [-0.1, -0.05) is 60.7 Å². The van der Waals surface area contributed by atoms with E-state index >= 15 is 0 Å². The monoisotopic (exact) mass is 282 g/mol. The van der Waals surface area contributed by atoms with Crippen molar-refractivity contribution in [2.45, 2.75) is 18.8 Å². The highest BCUT2D eigenvalue weighted by molar-refractivity contribution is 5.90. The Kier molecular flexibility index (Phi) is 4.88. The van der Waals surface area contributed by atoms with E-state index in [1.807, 2.05) is 60.7 Å². The predicted octanol–water partition coefficient (Wildman–Crippen LogP) is 3.12. The molecule has 0 unspecified atom stereocenters. The van der Waals surface area contributed by atoms with Gasteiger partial charge in [0.05, 0.1) is 6.61 Å². The number of carbonyl (C=O) groups is 2. The summed E-state index contributed by atoms with van der Waals surface area (Å²) in [5.74, 6) is -0.394. The second-order valence-corrected chi connectivity index (χ2v) is 4.73. The van der Waals surface area contributed by atoms with Crippen molar-refractivity contribution >= 4 is 12.3 Å². The van der Waals surface area contributed by atoms with Crippen molar-refractivity contribution < 1.29 is 14.3 Å². The molecule has 108 valence electrons. The minimum atomic E-state index is -1.08. The van der Waals surface area contributed by atoms with E-state index in [0.29, 0.717) is 0 Å². The molecular formula is C18H18O3. The first kappa shape index (κ1) is 15.0. The summed E-state index contributed by atoms with van der Waals surface area (Å²) in [6, 6.07) is 18.6. The van der Waals surface area contributed by atoms with Crippen LogP contribution in [0, 0.1) is 0 Å². The van der Waals surface area contributed by atoms with E-state index in [9.17, 15) is 9.59 Å². The number of benzene rings is 2. The second kappa shape index (κ2) is 6.84. The van der Waals surface area contributed by atoms with Crippen molar-refractivity contribution in [2.24, 2.45) is 0 Å². The van der Waals surface area contributed by atoms with Gasteiger partial charge in [0.1, 0.15) is 11.7 Å². The molecule has 2 aromatic carbocycles. The average molecular weight is 282 g/mol. The zero-order valence-electron chi connectivity index (χ0n) is 12.0. The zero-order chi connectivity index (χ0) is 15.1. The lowest BCUT2D eigenvalue weighted by molar-refractivity contribution is -0.149. The Labute approximate surface area is 124 Å². The SMILES string of the molecule is CCOC(=O)C(CC=O)(c1ccccc1)c1ccccc1. The Morgan fingerprint density at radius 2 is 1.48 bits per heavy atom. The summed E-state index contributed by atoms with van der Waals surface area (Å²) < 4.78 is 5.27. The molecule has 0 amide bonds. The fraction of sp³-hybridized carbons (Fsp3) is 0.222. The molecule has 0 aromatic heterocycles. The Morgan fingerprint density at radius 1 is 1.00 bits per heavy atom. The minimum absolute atomic E-state index is 0.0554. The highest BCUT2D eigenvalue weighted by Crippen LogP contribution is 2.36. The minimum Gasteiger partial charge on any atom is -0.465 e. The first-order chi connectivity index (χ1) is 10.3. The van der Waals surface area contributed by atoms with Crippen LogP contribution in [-0.4, -0.2) is 18.9 Å². The quantitative estimate of drug-likeness (QED) is 0.604. The number of carbonyl (C=O) groups excluding carboxylic acids is 2.